The van der Waals surface area contributed by atoms with Gasteiger partial charge in [0.15, 0.2) is 5.60 Å². The zero-order chi connectivity index (χ0) is 13.2. The normalized spacial score (nSPS) is 16.6. The standard InChI is InChI=1S/C14H20O3/c1-9(2)14(17,13(15)16)11(4)12-8-6-5-7-10(12)3/h5-9,11,17H,1-4H3,(H,15,16). The van der Waals surface area contributed by atoms with Crippen molar-refractivity contribution < 1.29 is 15.0 Å². The Morgan fingerprint density at radius 2 is 1.76 bits per heavy atom. The molecule has 2 unspecified atom stereocenters. The molecular weight excluding hydrogens is 216 g/mol. The largest absolute Gasteiger partial charge is 0.479 e. The Hall–Kier alpha value is -1.35. The quantitative estimate of drug-likeness (QED) is 0.844. The second kappa shape index (κ2) is 4.88. The van der Waals surface area contributed by atoms with Crippen molar-refractivity contribution in [2.45, 2.75) is 39.2 Å². The smallest absolute Gasteiger partial charge is 0.336 e. The Balaban J connectivity index is 3.23. The van der Waals surface area contributed by atoms with Crippen molar-refractivity contribution in [2.24, 2.45) is 5.92 Å². The van der Waals surface area contributed by atoms with E-state index in [4.69, 9.17) is 0 Å². The van der Waals surface area contributed by atoms with Crippen LogP contribution in [0.3, 0.4) is 0 Å². The fraction of sp³-hybridized carbons (Fsp3) is 0.500. The lowest BCUT2D eigenvalue weighted by molar-refractivity contribution is -0.166. The molecule has 0 amide bonds. The van der Waals surface area contributed by atoms with Crippen molar-refractivity contribution in [3.8, 4) is 0 Å². The van der Waals surface area contributed by atoms with Crippen LogP contribution in [-0.2, 0) is 4.79 Å². The SMILES string of the molecule is Cc1ccccc1C(C)C(O)(C(=O)O)C(C)C. The molecule has 0 saturated heterocycles. The lowest BCUT2D eigenvalue weighted by Crippen LogP contribution is -2.48. The molecule has 1 aromatic rings. The summed E-state index contributed by atoms with van der Waals surface area (Å²) in [5.41, 5.74) is 0.151. The van der Waals surface area contributed by atoms with Crippen molar-refractivity contribution in [3.63, 3.8) is 0 Å². The van der Waals surface area contributed by atoms with E-state index in [2.05, 4.69) is 0 Å². The molecule has 2 atom stereocenters. The van der Waals surface area contributed by atoms with Gasteiger partial charge in [-0.2, -0.15) is 0 Å². The molecule has 0 aliphatic heterocycles. The Kier molecular flexibility index (Phi) is 3.94. The van der Waals surface area contributed by atoms with Gasteiger partial charge in [-0.1, -0.05) is 45.0 Å². The summed E-state index contributed by atoms with van der Waals surface area (Å²) < 4.78 is 0. The molecule has 0 aliphatic carbocycles. The zero-order valence-electron chi connectivity index (χ0n) is 10.8. The number of rotatable bonds is 4. The summed E-state index contributed by atoms with van der Waals surface area (Å²) in [6.45, 7) is 7.14. The second-order valence-electron chi connectivity index (χ2n) is 4.86. The van der Waals surface area contributed by atoms with Crippen LogP contribution >= 0.6 is 0 Å². The maximum atomic E-state index is 11.3. The highest BCUT2D eigenvalue weighted by Gasteiger charge is 2.45. The number of aliphatic hydroxyl groups is 1. The third kappa shape index (κ3) is 2.34. The number of aliphatic carboxylic acids is 1. The van der Waals surface area contributed by atoms with Crippen LogP contribution in [0.4, 0.5) is 0 Å². The fourth-order valence-electron chi connectivity index (χ4n) is 2.24. The van der Waals surface area contributed by atoms with Crippen molar-refractivity contribution in [3.05, 3.63) is 35.4 Å². The summed E-state index contributed by atoms with van der Waals surface area (Å²) in [4.78, 5) is 11.3. The van der Waals surface area contributed by atoms with Crippen LogP contribution in [0.5, 0.6) is 0 Å². The topological polar surface area (TPSA) is 57.5 Å². The van der Waals surface area contributed by atoms with Crippen molar-refractivity contribution in [1.82, 2.24) is 0 Å². The van der Waals surface area contributed by atoms with Crippen LogP contribution in [0.2, 0.25) is 0 Å². The minimum Gasteiger partial charge on any atom is -0.479 e. The number of benzene rings is 1. The first-order valence-electron chi connectivity index (χ1n) is 5.83. The highest BCUT2D eigenvalue weighted by atomic mass is 16.4. The minimum atomic E-state index is -1.73. The monoisotopic (exact) mass is 236 g/mol. The van der Waals surface area contributed by atoms with Crippen LogP contribution in [0.15, 0.2) is 24.3 Å². The third-order valence-electron chi connectivity index (χ3n) is 3.54. The van der Waals surface area contributed by atoms with E-state index in [1.807, 2.05) is 31.2 Å². The van der Waals surface area contributed by atoms with Gasteiger partial charge in [0.25, 0.3) is 0 Å². The summed E-state index contributed by atoms with van der Waals surface area (Å²) in [5.74, 6) is -1.96. The summed E-state index contributed by atoms with van der Waals surface area (Å²) in [5, 5.41) is 19.7. The van der Waals surface area contributed by atoms with Crippen molar-refractivity contribution in [1.29, 1.82) is 0 Å². The Labute approximate surface area is 102 Å². The molecule has 2 N–H and O–H groups in total. The lowest BCUT2D eigenvalue weighted by Gasteiger charge is -2.34. The van der Waals surface area contributed by atoms with Crippen LogP contribution < -0.4 is 0 Å². The number of carbonyl (C=O) groups is 1. The van der Waals surface area contributed by atoms with E-state index in [1.165, 1.54) is 0 Å². The molecule has 0 bridgehead atoms. The molecule has 3 heteroatoms. The summed E-state index contributed by atoms with van der Waals surface area (Å²) >= 11 is 0. The highest BCUT2D eigenvalue weighted by Crippen LogP contribution is 2.35. The van der Waals surface area contributed by atoms with Gasteiger partial charge in [0.1, 0.15) is 0 Å². The lowest BCUT2D eigenvalue weighted by atomic mass is 9.75. The van der Waals surface area contributed by atoms with Gasteiger partial charge in [0.2, 0.25) is 0 Å². The molecule has 0 fully saturated rings. The van der Waals surface area contributed by atoms with Gasteiger partial charge in [0.05, 0.1) is 0 Å². The van der Waals surface area contributed by atoms with Gasteiger partial charge in [-0.3, -0.25) is 0 Å². The number of carboxylic acid groups (broad SMARTS) is 1. The van der Waals surface area contributed by atoms with Gasteiger partial charge in [-0.15, -0.1) is 0 Å². The Bertz CT molecular complexity index is 412. The number of hydrogen-bond acceptors (Lipinski definition) is 2. The minimum absolute atomic E-state index is 0.352. The van der Waals surface area contributed by atoms with E-state index in [1.54, 1.807) is 20.8 Å². The molecule has 1 rings (SSSR count). The maximum absolute atomic E-state index is 11.3. The first-order chi connectivity index (χ1) is 7.81. The Morgan fingerprint density at radius 1 is 1.24 bits per heavy atom. The van der Waals surface area contributed by atoms with Gasteiger partial charge in [-0.25, -0.2) is 4.79 Å². The Morgan fingerprint density at radius 3 is 2.18 bits per heavy atom. The predicted molar refractivity (Wildman–Crippen MR) is 67.0 cm³/mol. The van der Waals surface area contributed by atoms with E-state index in [0.717, 1.165) is 11.1 Å². The molecule has 0 heterocycles. The highest BCUT2D eigenvalue weighted by molar-refractivity contribution is 5.79. The van der Waals surface area contributed by atoms with Crippen LogP contribution in [0.1, 0.15) is 37.8 Å². The molecule has 0 aromatic heterocycles. The zero-order valence-corrected chi connectivity index (χ0v) is 10.8. The molecule has 1 aromatic carbocycles. The predicted octanol–water partition coefficient (Wildman–Crippen LogP) is 2.57. The van der Waals surface area contributed by atoms with E-state index < -0.39 is 17.5 Å². The van der Waals surface area contributed by atoms with Crippen LogP contribution in [0, 0.1) is 12.8 Å². The van der Waals surface area contributed by atoms with E-state index >= 15 is 0 Å². The summed E-state index contributed by atoms with van der Waals surface area (Å²) in [7, 11) is 0. The molecule has 0 aliphatic rings. The fourth-order valence-corrected chi connectivity index (χ4v) is 2.24. The molecule has 0 radical (unpaired) electrons. The van der Waals surface area contributed by atoms with Crippen LogP contribution in [-0.4, -0.2) is 21.8 Å². The molecule has 0 spiro atoms. The number of carboxylic acids is 1. The maximum Gasteiger partial charge on any atom is 0.336 e. The van der Waals surface area contributed by atoms with E-state index in [9.17, 15) is 15.0 Å². The van der Waals surface area contributed by atoms with Gasteiger partial charge >= 0.3 is 5.97 Å². The molecular formula is C14H20O3. The summed E-state index contributed by atoms with van der Waals surface area (Å²) in [6.07, 6.45) is 0. The molecule has 0 saturated carbocycles. The van der Waals surface area contributed by atoms with E-state index in [0.29, 0.717) is 0 Å². The first-order valence-corrected chi connectivity index (χ1v) is 5.83. The van der Waals surface area contributed by atoms with Gasteiger partial charge in [-0.05, 0) is 24.0 Å². The summed E-state index contributed by atoms with van der Waals surface area (Å²) in [6, 6.07) is 7.56. The van der Waals surface area contributed by atoms with Gasteiger partial charge in [0, 0.05) is 5.92 Å². The third-order valence-corrected chi connectivity index (χ3v) is 3.54. The average Bonchev–Trinajstić information content (AvgIpc) is 2.27. The van der Waals surface area contributed by atoms with Crippen molar-refractivity contribution >= 4 is 5.97 Å². The van der Waals surface area contributed by atoms with Crippen LogP contribution in [0.25, 0.3) is 0 Å². The number of hydrogen-bond donors (Lipinski definition) is 2. The number of aryl methyl sites for hydroxylation is 1. The average molecular weight is 236 g/mol. The molecule has 94 valence electrons. The second-order valence-corrected chi connectivity index (χ2v) is 4.86. The molecule has 17 heavy (non-hydrogen) atoms. The first kappa shape index (κ1) is 13.7. The van der Waals surface area contributed by atoms with E-state index in [-0.39, 0.29) is 5.92 Å². The van der Waals surface area contributed by atoms with Crippen molar-refractivity contribution in [2.75, 3.05) is 0 Å². The van der Waals surface area contributed by atoms with Gasteiger partial charge < -0.3 is 10.2 Å². The molecule has 3 nitrogen and oxygen atoms in total.